The number of hydrogen-bond donors (Lipinski definition) is 0. The largest absolute Gasteiger partial charge is 0.312 e. The van der Waals surface area contributed by atoms with Crippen molar-refractivity contribution in [1.82, 2.24) is 0 Å². The highest BCUT2D eigenvalue weighted by Crippen LogP contribution is 2.33. The number of hydrogen-bond acceptors (Lipinski definition) is 2. The maximum absolute atomic E-state index is 13.2. The number of ketones is 1. The van der Waals surface area contributed by atoms with Gasteiger partial charge in [0.2, 0.25) is 5.91 Å². The lowest BCUT2D eigenvalue weighted by molar-refractivity contribution is -0.118. The van der Waals surface area contributed by atoms with Crippen LogP contribution in [0.2, 0.25) is 0 Å². The average molecular weight is 369 g/mol. The molecule has 1 aliphatic heterocycles. The van der Waals surface area contributed by atoms with Crippen LogP contribution in [0.5, 0.6) is 0 Å². The number of rotatable bonds is 5. The van der Waals surface area contributed by atoms with Crippen molar-refractivity contribution in [2.75, 3.05) is 11.4 Å². The van der Waals surface area contributed by atoms with Crippen molar-refractivity contribution in [1.29, 1.82) is 0 Å². The summed E-state index contributed by atoms with van der Waals surface area (Å²) in [6.45, 7) is 2.25. The molecule has 1 heterocycles. The molecule has 0 N–H and O–H groups in total. The van der Waals surface area contributed by atoms with E-state index in [0.29, 0.717) is 18.5 Å². The Balaban J connectivity index is 1.61. The Labute approximate surface area is 165 Å². The van der Waals surface area contributed by atoms with Gasteiger partial charge in [-0.15, -0.1) is 0 Å². The zero-order valence-corrected chi connectivity index (χ0v) is 16.0. The summed E-state index contributed by atoms with van der Waals surface area (Å²) in [6, 6.07) is 26.1. The predicted octanol–water partition coefficient (Wildman–Crippen LogP) is 5.00. The molecule has 0 saturated heterocycles. The molecule has 0 radical (unpaired) electrons. The Bertz CT molecular complexity index is 956. The Morgan fingerprint density at radius 1 is 0.893 bits per heavy atom. The molecule has 0 spiro atoms. The molecule has 3 heteroatoms. The molecule has 4 rings (SSSR count). The minimum absolute atomic E-state index is 0.0236. The second-order valence-corrected chi connectivity index (χ2v) is 7.27. The maximum Gasteiger partial charge on any atom is 0.227 e. The summed E-state index contributed by atoms with van der Waals surface area (Å²) >= 11 is 0. The third-order valence-electron chi connectivity index (χ3n) is 5.47. The van der Waals surface area contributed by atoms with Crippen molar-refractivity contribution in [3.63, 3.8) is 0 Å². The molecular formula is C25H23NO2. The van der Waals surface area contributed by atoms with Crippen LogP contribution in [0.25, 0.3) is 0 Å². The lowest BCUT2D eigenvalue weighted by Gasteiger charge is -2.23. The van der Waals surface area contributed by atoms with E-state index in [2.05, 4.69) is 24.3 Å². The van der Waals surface area contributed by atoms with Gasteiger partial charge in [-0.05, 0) is 48.2 Å². The number of anilines is 1. The Kier molecular flexibility index (Phi) is 5.07. The van der Waals surface area contributed by atoms with Crippen LogP contribution < -0.4 is 4.90 Å². The minimum Gasteiger partial charge on any atom is -0.312 e. The molecule has 3 aromatic rings. The zero-order chi connectivity index (χ0) is 19.5. The fraction of sp³-hybridized carbons (Fsp3) is 0.200. The molecule has 140 valence electrons. The van der Waals surface area contributed by atoms with E-state index < -0.39 is 0 Å². The van der Waals surface area contributed by atoms with Gasteiger partial charge in [0.15, 0.2) is 5.78 Å². The van der Waals surface area contributed by atoms with Crippen LogP contribution in [0, 0.1) is 0 Å². The van der Waals surface area contributed by atoms with E-state index in [9.17, 15) is 9.59 Å². The van der Waals surface area contributed by atoms with Gasteiger partial charge in [-0.2, -0.15) is 0 Å². The first-order chi connectivity index (χ1) is 13.6. The van der Waals surface area contributed by atoms with Crippen LogP contribution in [-0.4, -0.2) is 18.2 Å². The second-order valence-electron chi connectivity index (χ2n) is 7.27. The summed E-state index contributed by atoms with van der Waals surface area (Å²) in [7, 11) is 0. The molecule has 3 nitrogen and oxygen atoms in total. The molecule has 3 aromatic carbocycles. The molecule has 28 heavy (non-hydrogen) atoms. The highest BCUT2D eigenvalue weighted by molar-refractivity contribution is 5.98. The number of fused-ring (bicyclic) bond motifs is 1. The first kappa shape index (κ1) is 18.2. The summed E-state index contributed by atoms with van der Waals surface area (Å²) in [6.07, 6.45) is 1.21. The van der Waals surface area contributed by atoms with Crippen LogP contribution in [0.15, 0.2) is 78.9 Å². The lowest BCUT2D eigenvalue weighted by Crippen LogP contribution is -2.30. The first-order valence-electron chi connectivity index (χ1n) is 9.67. The molecule has 0 bridgehead atoms. The van der Waals surface area contributed by atoms with Gasteiger partial charge in [-0.3, -0.25) is 9.59 Å². The van der Waals surface area contributed by atoms with E-state index in [4.69, 9.17) is 0 Å². The number of amides is 1. The summed E-state index contributed by atoms with van der Waals surface area (Å²) in [5.41, 5.74) is 5.02. The van der Waals surface area contributed by atoms with Crippen LogP contribution >= 0.6 is 0 Å². The lowest BCUT2D eigenvalue weighted by atomic mass is 9.88. The summed E-state index contributed by atoms with van der Waals surface area (Å²) in [5, 5.41) is 0. The van der Waals surface area contributed by atoms with Crippen LogP contribution in [0.1, 0.15) is 46.3 Å². The average Bonchev–Trinajstić information content (AvgIpc) is 3.16. The van der Waals surface area contributed by atoms with E-state index in [1.54, 1.807) is 6.92 Å². The van der Waals surface area contributed by atoms with Crippen LogP contribution in [0.4, 0.5) is 5.69 Å². The van der Waals surface area contributed by atoms with Crippen molar-refractivity contribution in [3.05, 3.63) is 101 Å². The molecule has 0 unspecified atom stereocenters. The summed E-state index contributed by atoms with van der Waals surface area (Å²) in [4.78, 5) is 26.8. The van der Waals surface area contributed by atoms with E-state index >= 15 is 0 Å². The van der Waals surface area contributed by atoms with Crippen molar-refractivity contribution in [2.24, 2.45) is 0 Å². The number of Topliss-reactive ketones (excluding diaryl/α,β-unsaturated/α-hetero) is 1. The molecular weight excluding hydrogens is 346 g/mol. The van der Waals surface area contributed by atoms with Gasteiger partial charge in [-0.1, -0.05) is 60.7 Å². The van der Waals surface area contributed by atoms with Gasteiger partial charge in [0.05, 0.1) is 0 Å². The number of nitrogens with zero attached hydrogens (tertiary/aromatic N) is 1. The quantitative estimate of drug-likeness (QED) is 0.594. The smallest absolute Gasteiger partial charge is 0.227 e. The monoisotopic (exact) mass is 369 g/mol. The number of carbonyl (C=O) groups is 2. The van der Waals surface area contributed by atoms with Gasteiger partial charge >= 0.3 is 0 Å². The van der Waals surface area contributed by atoms with Crippen molar-refractivity contribution in [2.45, 2.75) is 25.7 Å². The summed E-state index contributed by atoms with van der Waals surface area (Å²) < 4.78 is 0. The Morgan fingerprint density at radius 3 is 2.07 bits per heavy atom. The molecule has 0 aromatic heterocycles. The van der Waals surface area contributed by atoms with Crippen LogP contribution in [0.3, 0.4) is 0 Å². The van der Waals surface area contributed by atoms with Gasteiger partial charge in [0.1, 0.15) is 0 Å². The minimum atomic E-state index is 0.0236. The fourth-order valence-corrected chi connectivity index (χ4v) is 3.96. The van der Waals surface area contributed by atoms with Gasteiger partial charge in [0.25, 0.3) is 0 Å². The number of carbonyl (C=O) groups excluding carboxylic acids is 2. The third kappa shape index (κ3) is 3.61. The van der Waals surface area contributed by atoms with Crippen molar-refractivity contribution < 1.29 is 9.59 Å². The maximum atomic E-state index is 13.2. The topological polar surface area (TPSA) is 37.4 Å². The standard InChI is InChI=1S/C25H23NO2/c1-18(27)21-12-13-24-22(16-21)14-15-26(24)25(28)17-23(19-8-4-2-5-9-19)20-10-6-3-7-11-20/h2-13,16,23H,14-15,17H2,1H3. The predicted molar refractivity (Wildman–Crippen MR) is 112 cm³/mol. The molecule has 0 atom stereocenters. The molecule has 0 fully saturated rings. The SMILES string of the molecule is CC(=O)c1ccc2c(c1)CCN2C(=O)CC(c1ccccc1)c1ccccc1. The van der Waals surface area contributed by atoms with E-state index in [-0.39, 0.29) is 17.6 Å². The fourth-order valence-electron chi connectivity index (χ4n) is 3.96. The van der Waals surface area contributed by atoms with Crippen molar-refractivity contribution in [3.8, 4) is 0 Å². The van der Waals surface area contributed by atoms with E-state index in [1.165, 1.54) is 0 Å². The van der Waals surface area contributed by atoms with E-state index in [1.807, 2.05) is 59.5 Å². The van der Waals surface area contributed by atoms with E-state index in [0.717, 1.165) is 28.8 Å². The highest BCUT2D eigenvalue weighted by atomic mass is 16.2. The summed E-state index contributed by atoms with van der Waals surface area (Å²) in [5.74, 6) is 0.197. The molecule has 1 amide bonds. The number of benzene rings is 3. The molecule has 0 saturated carbocycles. The highest BCUT2D eigenvalue weighted by Gasteiger charge is 2.28. The normalized spacial score (nSPS) is 12.9. The third-order valence-corrected chi connectivity index (χ3v) is 5.47. The Hall–Kier alpha value is -3.20. The molecule has 1 aliphatic rings. The second kappa shape index (κ2) is 7.81. The zero-order valence-electron chi connectivity index (χ0n) is 16.0. The van der Waals surface area contributed by atoms with Gasteiger partial charge in [-0.25, -0.2) is 0 Å². The van der Waals surface area contributed by atoms with Crippen LogP contribution in [-0.2, 0) is 11.2 Å². The van der Waals surface area contributed by atoms with Gasteiger partial charge in [0, 0.05) is 30.1 Å². The van der Waals surface area contributed by atoms with Crippen molar-refractivity contribution >= 4 is 17.4 Å². The Morgan fingerprint density at radius 2 is 1.50 bits per heavy atom. The first-order valence-corrected chi connectivity index (χ1v) is 9.67. The molecule has 0 aliphatic carbocycles. The van der Waals surface area contributed by atoms with Gasteiger partial charge < -0.3 is 4.90 Å².